The predicted octanol–water partition coefficient (Wildman–Crippen LogP) is 0.805. The van der Waals surface area contributed by atoms with Gasteiger partial charge in [-0.3, -0.25) is 29.5 Å². The first-order valence-electron chi connectivity index (χ1n) is 13.7. The lowest BCUT2D eigenvalue weighted by molar-refractivity contribution is -0.139. The van der Waals surface area contributed by atoms with Gasteiger partial charge in [-0.25, -0.2) is 14.4 Å². The van der Waals surface area contributed by atoms with Crippen LogP contribution in [-0.2, 0) is 30.4 Å². The molecule has 0 saturated carbocycles. The van der Waals surface area contributed by atoms with E-state index in [9.17, 15) is 43.5 Å². The number of urea groups is 3. The van der Waals surface area contributed by atoms with Crippen LogP contribution in [0.25, 0.3) is 0 Å². The van der Waals surface area contributed by atoms with Crippen LogP contribution in [0.2, 0.25) is 5.02 Å². The Morgan fingerprint density at radius 2 is 1.59 bits per heavy atom. The van der Waals surface area contributed by atoms with E-state index < -0.39 is 60.5 Å². The highest BCUT2D eigenvalue weighted by Crippen LogP contribution is 2.16. The fourth-order valence-corrected chi connectivity index (χ4v) is 3.96. The van der Waals surface area contributed by atoms with Crippen LogP contribution < -0.4 is 10.6 Å². The van der Waals surface area contributed by atoms with Crippen molar-refractivity contribution >= 4 is 60.0 Å². The van der Waals surface area contributed by atoms with Crippen LogP contribution in [-0.4, -0.2) is 126 Å². The van der Waals surface area contributed by atoms with Crippen LogP contribution >= 0.6 is 11.6 Å². The molecule has 242 valence electrons. The summed E-state index contributed by atoms with van der Waals surface area (Å²) in [7, 11) is 3.36. The van der Waals surface area contributed by atoms with Crippen molar-refractivity contribution in [3.05, 3.63) is 34.9 Å². The third-order valence-electron chi connectivity index (χ3n) is 6.43. The topological polar surface area (TPSA) is 194 Å². The molecule has 16 heteroatoms. The van der Waals surface area contributed by atoms with Gasteiger partial charge in [-0.2, -0.15) is 0 Å². The van der Waals surface area contributed by atoms with Gasteiger partial charge in [0.25, 0.3) is 5.91 Å². The van der Waals surface area contributed by atoms with Crippen LogP contribution in [0.5, 0.6) is 0 Å². The number of hydrogen-bond donors (Lipinski definition) is 3. The monoisotopic (exact) mass is 638 g/mol. The Labute approximate surface area is 260 Å². The molecule has 1 aromatic carbocycles. The molecular formula is C28H39ClN6O9. The van der Waals surface area contributed by atoms with Gasteiger partial charge >= 0.3 is 18.1 Å². The average Bonchev–Trinajstić information content (AvgIpc) is 2.98. The van der Waals surface area contributed by atoms with E-state index in [2.05, 4.69) is 0 Å². The highest BCUT2D eigenvalue weighted by atomic mass is 35.5. The van der Waals surface area contributed by atoms with Crippen molar-refractivity contribution in [3.63, 3.8) is 0 Å². The molecule has 0 aliphatic carbocycles. The molecule has 9 amide bonds. The number of halogens is 1. The first-order chi connectivity index (χ1) is 20.7. The van der Waals surface area contributed by atoms with Crippen molar-refractivity contribution in [2.75, 3.05) is 34.2 Å². The zero-order chi connectivity index (χ0) is 33.6. The van der Waals surface area contributed by atoms with Gasteiger partial charge in [-0.15, -0.1) is 0 Å². The van der Waals surface area contributed by atoms with E-state index in [4.69, 9.17) is 11.6 Å². The molecule has 1 aromatic rings. The van der Waals surface area contributed by atoms with Crippen molar-refractivity contribution in [2.24, 2.45) is 0 Å². The zero-order valence-corrected chi connectivity index (χ0v) is 26.1. The smallest absolute Gasteiger partial charge is 0.331 e. The maximum atomic E-state index is 13.4. The first-order valence-corrected chi connectivity index (χ1v) is 14.1. The van der Waals surface area contributed by atoms with Crippen LogP contribution in [0.1, 0.15) is 38.7 Å². The second kappa shape index (κ2) is 18.3. The number of benzene rings is 1. The van der Waals surface area contributed by atoms with Crippen molar-refractivity contribution in [3.8, 4) is 0 Å². The third kappa shape index (κ3) is 11.7. The highest BCUT2D eigenvalue weighted by molar-refractivity contribution is 6.30. The number of aliphatic hydroxyl groups is 1. The number of nitrogens with one attached hydrogen (secondary N) is 2. The summed E-state index contributed by atoms with van der Waals surface area (Å²) in [5, 5.41) is 14.0. The summed E-state index contributed by atoms with van der Waals surface area (Å²) in [6.45, 7) is 3.07. The number of aldehydes is 2. The number of carbonyl (C=O) groups is 8. The SMILES string of the molecule is CCCCN(CC(=O)N(C)C(=O)NC(=O)N(C)[C@@H](Cc1cccc(Cl)c1)C(=O)N(C)C(=O)NC(C=O)C=O)C(=O)C[C@@H](C)O. The molecule has 0 unspecified atom stereocenters. The van der Waals surface area contributed by atoms with Crippen molar-refractivity contribution in [2.45, 2.75) is 57.7 Å². The lowest BCUT2D eigenvalue weighted by Crippen LogP contribution is -2.57. The molecule has 0 bridgehead atoms. The molecule has 0 saturated heterocycles. The summed E-state index contributed by atoms with van der Waals surface area (Å²) in [4.78, 5) is 102. The second-order valence-corrected chi connectivity index (χ2v) is 10.5. The van der Waals surface area contributed by atoms with Gasteiger partial charge in [0, 0.05) is 39.1 Å². The minimum Gasteiger partial charge on any atom is -0.393 e. The van der Waals surface area contributed by atoms with Crippen LogP contribution in [0.4, 0.5) is 14.4 Å². The van der Waals surface area contributed by atoms with Gasteiger partial charge in [0.05, 0.1) is 12.5 Å². The summed E-state index contributed by atoms with van der Waals surface area (Å²) >= 11 is 6.06. The maximum absolute atomic E-state index is 13.4. The zero-order valence-electron chi connectivity index (χ0n) is 25.3. The molecule has 44 heavy (non-hydrogen) atoms. The molecule has 0 heterocycles. The van der Waals surface area contributed by atoms with Crippen LogP contribution in [0.15, 0.2) is 24.3 Å². The Morgan fingerprint density at radius 3 is 2.14 bits per heavy atom. The number of imide groups is 3. The van der Waals surface area contributed by atoms with E-state index in [0.29, 0.717) is 26.8 Å². The standard InChI is InChI=1S/C28H39ClN6O9/c1-6-7-11-35(23(39)12-18(2)38)15-24(40)33(4)28(44)31-27(43)32(3)22(14-19-9-8-10-20(29)13-19)25(41)34(5)26(42)30-21(16-36)17-37/h8-10,13,16-18,21-22,38H,6-7,11-12,14-15H2,1-5H3,(H,30,42)(H,31,43,44)/t18-,22+/m1/s1. The second-order valence-electron chi connectivity index (χ2n) is 10.0. The summed E-state index contributed by atoms with van der Waals surface area (Å²) in [5.74, 6) is -2.22. The fourth-order valence-electron chi connectivity index (χ4n) is 3.75. The Hall–Kier alpha value is -4.37. The largest absolute Gasteiger partial charge is 0.393 e. The normalized spacial score (nSPS) is 11.9. The number of hydrogen-bond acceptors (Lipinski definition) is 9. The van der Waals surface area contributed by atoms with Gasteiger partial charge in [0.15, 0.2) is 0 Å². The molecule has 1 rings (SSSR count). The number of rotatable bonds is 14. The van der Waals surface area contributed by atoms with E-state index in [1.54, 1.807) is 18.2 Å². The van der Waals surface area contributed by atoms with Crippen molar-refractivity contribution < 1.29 is 43.5 Å². The molecule has 3 N–H and O–H groups in total. The molecular weight excluding hydrogens is 600 g/mol. The first kappa shape index (κ1) is 37.7. The van der Waals surface area contributed by atoms with E-state index >= 15 is 0 Å². The Bertz CT molecular complexity index is 1220. The maximum Gasteiger partial charge on any atom is 0.331 e. The van der Waals surface area contributed by atoms with Gasteiger partial charge < -0.3 is 29.8 Å². The number of carbonyl (C=O) groups excluding carboxylic acids is 8. The van der Waals surface area contributed by atoms with E-state index in [-0.39, 0.29) is 32.0 Å². The Morgan fingerprint density at radius 1 is 0.955 bits per heavy atom. The van der Waals surface area contributed by atoms with Gasteiger partial charge in [0.1, 0.15) is 31.2 Å². The minimum absolute atomic E-state index is 0.160. The molecule has 0 aromatic heterocycles. The number of amides is 9. The van der Waals surface area contributed by atoms with E-state index in [1.807, 2.05) is 17.6 Å². The highest BCUT2D eigenvalue weighted by Gasteiger charge is 2.34. The van der Waals surface area contributed by atoms with E-state index in [1.165, 1.54) is 24.9 Å². The summed E-state index contributed by atoms with van der Waals surface area (Å²) in [6.07, 6.45) is 0.341. The van der Waals surface area contributed by atoms with Crippen LogP contribution in [0.3, 0.4) is 0 Å². The molecule has 15 nitrogen and oxygen atoms in total. The Balaban J connectivity index is 3.13. The number of unbranched alkanes of at least 4 members (excludes halogenated alkanes) is 1. The molecule has 0 radical (unpaired) electrons. The predicted molar refractivity (Wildman–Crippen MR) is 158 cm³/mol. The molecule has 0 fully saturated rings. The lowest BCUT2D eigenvalue weighted by atomic mass is 10.0. The van der Waals surface area contributed by atoms with Gasteiger partial charge in [0.2, 0.25) is 11.8 Å². The molecule has 0 spiro atoms. The number of nitrogens with zero attached hydrogens (tertiary/aromatic N) is 4. The molecule has 0 aliphatic heterocycles. The summed E-state index contributed by atoms with van der Waals surface area (Å²) in [5.41, 5.74) is 0.496. The average molecular weight is 639 g/mol. The third-order valence-corrected chi connectivity index (χ3v) is 6.67. The van der Waals surface area contributed by atoms with Crippen molar-refractivity contribution in [1.82, 2.24) is 30.2 Å². The fraction of sp³-hybridized carbons (Fsp3) is 0.500. The minimum atomic E-state index is -1.50. The number of likely N-dealkylation sites (N-methyl/N-ethyl adjacent to an activating group) is 3. The number of aliphatic hydroxyl groups excluding tert-OH is 1. The summed E-state index contributed by atoms with van der Waals surface area (Å²) < 4.78 is 0. The van der Waals surface area contributed by atoms with Crippen LogP contribution in [0, 0.1) is 0 Å². The van der Waals surface area contributed by atoms with Gasteiger partial charge in [-0.05, 0) is 31.0 Å². The Kier molecular flexibility index (Phi) is 15.7. The quantitative estimate of drug-likeness (QED) is 0.195. The summed E-state index contributed by atoms with van der Waals surface area (Å²) in [6, 6.07) is 0.0981. The van der Waals surface area contributed by atoms with Gasteiger partial charge in [-0.1, -0.05) is 37.1 Å². The van der Waals surface area contributed by atoms with E-state index in [0.717, 1.165) is 25.4 Å². The molecule has 0 aliphatic rings. The lowest BCUT2D eigenvalue weighted by Gasteiger charge is -2.31. The molecule has 2 atom stereocenters. The van der Waals surface area contributed by atoms with Crippen molar-refractivity contribution in [1.29, 1.82) is 0 Å².